The lowest BCUT2D eigenvalue weighted by Gasteiger charge is -2.02. The molecule has 1 aromatic carbocycles. The summed E-state index contributed by atoms with van der Waals surface area (Å²) in [5.41, 5.74) is 5.83. The summed E-state index contributed by atoms with van der Waals surface area (Å²) < 4.78 is 1.86. The van der Waals surface area contributed by atoms with Gasteiger partial charge in [-0.3, -0.25) is 14.6 Å². The minimum atomic E-state index is 0.122. The number of aromatic hydroxyl groups is 1. The molecule has 0 fully saturated rings. The van der Waals surface area contributed by atoms with Crippen LogP contribution in [0.15, 0.2) is 61.4 Å². The number of hydrogen-bond acceptors (Lipinski definition) is 6. The monoisotopic (exact) mass is 408 g/mol. The molecule has 3 N–H and O–H groups in total. The van der Waals surface area contributed by atoms with Crippen LogP contribution >= 0.6 is 0 Å². The van der Waals surface area contributed by atoms with E-state index < -0.39 is 0 Å². The van der Waals surface area contributed by atoms with Crippen LogP contribution in [0.4, 0.5) is 0 Å². The van der Waals surface area contributed by atoms with Crippen molar-refractivity contribution in [1.82, 2.24) is 39.7 Å². The highest BCUT2D eigenvalue weighted by atomic mass is 16.3. The van der Waals surface area contributed by atoms with Gasteiger partial charge in [0.1, 0.15) is 23.3 Å². The van der Waals surface area contributed by atoms with E-state index in [1.54, 1.807) is 24.8 Å². The van der Waals surface area contributed by atoms with Gasteiger partial charge in [0.2, 0.25) is 0 Å². The second-order valence-electron chi connectivity index (χ2n) is 7.30. The predicted molar refractivity (Wildman–Crippen MR) is 116 cm³/mol. The van der Waals surface area contributed by atoms with Crippen molar-refractivity contribution in [3.63, 3.8) is 0 Å². The fourth-order valence-electron chi connectivity index (χ4n) is 3.72. The number of hydrogen-bond donors (Lipinski definition) is 3. The molecule has 0 amide bonds. The Labute approximate surface area is 175 Å². The number of nitrogens with zero attached hydrogens (tertiary/aromatic N) is 6. The summed E-state index contributed by atoms with van der Waals surface area (Å²) in [6, 6.07) is 9.49. The standard InChI is InChI=1S/C22H16N8O/c1-12-10-30(11-25-12)22-20-18(4-5-24-22)26-21(27-20)19-16-7-13(2-3-17(16)28-29-19)14-6-15(31)9-23-8-14/h2-11,31H,1H3,(H,26,27)(H,28,29). The molecule has 31 heavy (non-hydrogen) atoms. The smallest absolute Gasteiger partial charge is 0.166 e. The highest BCUT2D eigenvalue weighted by molar-refractivity contribution is 5.96. The van der Waals surface area contributed by atoms with E-state index in [-0.39, 0.29) is 5.75 Å². The van der Waals surface area contributed by atoms with Crippen molar-refractivity contribution < 1.29 is 5.11 Å². The molecule has 5 heterocycles. The van der Waals surface area contributed by atoms with Gasteiger partial charge in [0.25, 0.3) is 0 Å². The Kier molecular flexibility index (Phi) is 3.63. The number of imidazole rings is 2. The average molecular weight is 408 g/mol. The van der Waals surface area contributed by atoms with E-state index in [2.05, 4.69) is 30.1 Å². The van der Waals surface area contributed by atoms with Crippen molar-refractivity contribution in [2.45, 2.75) is 6.92 Å². The fourth-order valence-corrected chi connectivity index (χ4v) is 3.72. The number of benzene rings is 1. The van der Waals surface area contributed by atoms with Gasteiger partial charge in [-0.15, -0.1) is 0 Å². The van der Waals surface area contributed by atoms with Gasteiger partial charge >= 0.3 is 0 Å². The van der Waals surface area contributed by atoms with Crippen LogP contribution in [0.25, 0.3) is 50.4 Å². The third-order valence-corrected chi connectivity index (χ3v) is 5.18. The second-order valence-corrected chi connectivity index (χ2v) is 7.30. The Hall–Kier alpha value is -4.53. The van der Waals surface area contributed by atoms with Crippen LogP contribution in [0, 0.1) is 6.92 Å². The van der Waals surface area contributed by atoms with Gasteiger partial charge in [0, 0.05) is 29.5 Å². The molecule has 9 nitrogen and oxygen atoms in total. The number of pyridine rings is 2. The maximum Gasteiger partial charge on any atom is 0.166 e. The van der Waals surface area contributed by atoms with Gasteiger partial charge in [0.15, 0.2) is 11.6 Å². The summed E-state index contributed by atoms with van der Waals surface area (Å²) >= 11 is 0. The highest BCUT2D eigenvalue weighted by Gasteiger charge is 2.16. The van der Waals surface area contributed by atoms with Gasteiger partial charge in [-0.1, -0.05) is 6.07 Å². The van der Waals surface area contributed by atoms with E-state index in [0.29, 0.717) is 17.3 Å². The van der Waals surface area contributed by atoms with Crippen molar-refractivity contribution >= 4 is 21.9 Å². The van der Waals surface area contributed by atoms with Crippen LogP contribution in [0.1, 0.15) is 5.69 Å². The zero-order chi connectivity index (χ0) is 20.9. The molecule has 9 heteroatoms. The van der Waals surface area contributed by atoms with Crippen molar-refractivity contribution in [1.29, 1.82) is 0 Å². The minimum absolute atomic E-state index is 0.122. The Morgan fingerprint density at radius 3 is 2.77 bits per heavy atom. The van der Waals surface area contributed by atoms with Crippen molar-refractivity contribution in [3.8, 4) is 34.2 Å². The lowest BCUT2D eigenvalue weighted by molar-refractivity contribution is 0.473. The second kappa shape index (κ2) is 6.49. The number of fused-ring (bicyclic) bond motifs is 2. The van der Waals surface area contributed by atoms with Crippen molar-refractivity contribution in [2.75, 3.05) is 0 Å². The molecule has 5 aromatic heterocycles. The van der Waals surface area contributed by atoms with Crippen LogP contribution in [-0.2, 0) is 0 Å². The lowest BCUT2D eigenvalue weighted by atomic mass is 10.0. The molecule has 6 rings (SSSR count). The van der Waals surface area contributed by atoms with Crippen LogP contribution in [0.3, 0.4) is 0 Å². The molecule has 0 aliphatic rings. The summed E-state index contributed by atoms with van der Waals surface area (Å²) in [5.74, 6) is 1.46. The number of aromatic amines is 2. The number of aryl methyl sites for hydroxylation is 1. The van der Waals surface area contributed by atoms with E-state index in [1.807, 2.05) is 42.0 Å². The molecule has 0 radical (unpaired) electrons. The van der Waals surface area contributed by atoms with Crippen LogP contribution in [0.5, 0.6) is 5.75 Å². The van der Waals surface area contributed by atoms with E-state index in [1.165, 1.54) is 6.20 Å². The van der Waals surface area contributed by atoms with E-state index in [0.717, 1.165) is 38.8 Å². The van der Waals surface area contributed by atoms with Gasteiger partial charge in [0.05, 0.1) is 22.9 Å². The Morgan fingerprint density at radius 1 is 1.00 bits per heavy atom. The quantitative estimate of drug-likeness (QED) is 0.410. The predicted octanol–water partition coefficient (Wildman–Crippen LogP) is 3.76. The van der Waals surface area contributed by atoms with E-state index >= 15 is 0 Å². The first-order chi connectivity index (χ1) is 15.2. The molecular formula is C22H16N8O. The SMILES string of the molecule is Cc1cn(-c2nccc3[nH]c(-c4n[nH]c5ccc(-c6cncc(O)c6)cc45)nc23)cn1. The van der Waals surface area contributed by atoms with E-state index in [9.17, 15) is 5.11 Å². The molecule has 0 aliphatic carbocycles. The van der Waals surface area contributed by atoms with E-state index in [4.69, 9.17) is 4.98 Å². The van der Waals surface area contributed by atoms with Crippen LogP contribution < -0.4 is 0 Å². The van der Waals surface area contributed by atoms with Gasteiger partial charge < -0.3 is 10.1 Å². The Morgan fingerprint density at radius 2 is 1.94 bits per heavy atom. The Bertz CT molecular complexity index is 1580. The molecule has 0 saturated carbocycles. The summed E-state index contributed by atoms with van der Waals surface area (Å²) in [5, 5.41) is 18.2. The normalized spacial score (nSPS) is 11.5. The Balaban J connectivity index is 1.51. The molecule has 0 spiro atoms. The highest BCUT2D eigenvalue weighted by Crippen LogP contribution is 2.31. The maximum absolute atomic E-state index is 9.77. The molecule has 0 unspecified atom stereocenters. The topological polar surface area (TPSA) is 121 Å². The molecule has 0 atom stereocenters. The van der Waals surface area contributed by atoms with Crippen LogP contribution in [-0.4, -0.2) is 44.8 Å². The maximum atomic E-state index is 9.77. The molecule has 6 aromatic rings. The van der Waals surface area contributed by atoms with Gasteiger partial charge in [-0.25, -0.2) is 15.0 Å². The first kappa shape index (κ1) is 17.3. The number of H-pyrrole nitrogens is 2. The summed E-state index contributed by atoms with van der Waals surface area (Å²) in [6.07, 6.45) is 8.51. The largest absolute Gasteiger partial charge is 0.506 e. The summed E-state index contributed by atoms with van der Waals surface area (Å²) in [7, 11) is 0. The molecule has 0 bridgehead atoms. The zero-order valence-electron chi connectivity index (χ0n) is 16.4. The number of rotatable bonds is 3. The third-order valence-electron chi connectivity index (χ3n) is 5.18. The summed E-state index contributed by atoms with van der Waals surface area (Å²) in [6.45, 7) is 1.93. The van der Waals surface area contributed by atoms with Crippen molar-refractivity contribution in [2.24, 2.45) is 0 Å². The first-order valence-electron chi connectivity index (χ1n) is 9.64. The lowest BCUT2D eigenvalue weighted by Crippen LogP contribution is -1.95. The molecular weight excluding hydrogens is 392 g/mol. The van der Waals surface area contributed by atoms with Crippen molar-refractivity contribution in [3.05, 3.63) is 67.1 Å². The molecule has 0 saturated heterocycles. The average Bonchev–Trinajstić information content (AvgIpc) is 3.50. The van der Waals surface area contributed by atoms with Gasteiger partial charge in [-0.05, 0) is 36.8 Å². The molecule has 150 valence electrons. The van der Waals surface area contributed by atoms with Crippen LogP contribution in [0.2, 0.25) is 0 Å². The third kappa shape index (κ3) is 2.83. The number of nitrogens with one attached hydrogen (secondary N) is 2. The fraction of sp³-hybridized carbons (Fsp3) is 0.0455. The van der Waals surface area contributed by atoms with Gasteiger partial charge in [-0.2, -0.15) is 5.10 Å². The zero-order valence-corrected chi connectivity index (χ0v) is 16.4. The minimum Gasteiger partial charge on any atom is -0.506 e. The molecule has 0 aliphatic heterocycles. The summed E-state index contributed by atoms with van der Waals surface area (Å²) in [4.78, 5) is 21.0. The first-order valence-corrected chi connectivity index (χ1v) is 9.64. The number of aromatic nitrogens is 8.